The monoisotopic (exact) mass is 264 g/mol. The predicted molar refractivity (Wildman–Crippen MR) is 57.1 cm³/mol. The minimum atomic E-state index is -3.94. The maximum absolute atomic E-state index is 11.3. The molecule has 7 heteroatoms. The smallest absolute Gasteiger partial charge is 0.341 e. The van der Waals surface area contributed by atoms with Crippen molar-refractivity contribution in [1.29, 1.82) is 0 Å². The van der Waals surface area contributed by atoms with Crippen LogP contribution < -0.4 is 0 Å². The largest absolute Gasteiger partial charge is 0.507 e. The first-order valence-electron chi connectivity index (χ1n) is 4.31. The molecule has 0 radical (unpaired) electrons. The molecule has 0 aromatic heterocycles. The Morgan fingerprint density at radius 2 is 2.12 bits per heavy atom. The van der Waals surface area contributed by atoms with Gasteiger partial charge < -0.3 is 9.84 Å². The van der Waals surface area contributed by atoms with Crippen molar-refractivity contribution >= 4 is 25.7 Å². The number of benzene rings is 1. The molecule has 0 heterocycles. The van der Waals surface area contributed by atoms with E-state index in [0.29, 0.717) is 0 Å². The summed E-state index contributed by atoms with van der Waals surface area (Å²) in [5.74, 6) is -1.16. The van der Waals surface area contributed by atoms with Gasteiger partial charge in [0.25, 0.3) is 9.05 Å². The molecule has 0 unspecified atom stereocenters. The van der Waals surface area contributed by atoms with E-state index in [0.717, 1.165) is 18.2 Å². The third kappa shape index (κ3) is 2.86. The minimum absolute atomic E-state index is 0.121. The van der Waals surface area contributed by atoms with Gasteiger partial charge in [0, 0.05) is 10.7 Å². The van der Waals surface area contributed by atoms with Crippen LogP contribution in [0, 0.1) is 0 Å². The number of esters is 1. The summed E-state index contributed by atoms with van der Waals surface area (Å²) in [4.78, 5) is 11.1. The fourth-order valence-corrected chi connectivity index (χ4v) is 1.82. The molecule has 16 heavy (non-hydrogen) atoms. The fourth-order valence-electron chi connectivity index (χ4n) is 1.04. The maximum atomic E-state index is 11.3. The van der Waals surface area contributed by atoms with E-state index in [9.17, 15) is 18.3 Å². The molecule has 1 N–H and O–H groups in total. The van der Waals surface area contributed by atoms with Gasteiger partial charge in [0.2, 0.25) is 0 Å². The lowest BCUT2D eigenvalue weighted by Gasteiger charge is -2.05. The van der Waals surface area contributed by atoms with E-state index in [1.807, 2.05) is 0 Å². The summed E-state index contributed by atoms with van der Waals surface area (Å²) in [6.07, 6.45) is 0. The van der Waals surface area contributed by atoms with E-state index in [1.54, 1.807) is 6.92 Å². The molecule has 0 aliphatic carbocycles. The Kier molecular flexibility index (Phi) is 3.77. The first-order valence-corrected chi connectivity index (χ1v) is 6.62. The van der Waals surface area contributed by atoms with Gasteiger partial charge in [0.15, 0.2) is 0 Å². The number of rotatable bonds is 3. The van der Waals surface area contributed by atoms with Crippen LogP contribution in [0.3, 0.4) is 0 Å². The number of hydrogen-bond donors (Lipinski definition) is 1. The summed E-state index contributed by atoms with van der Waals surface area (Å²) in [7, 11) is 1.17. The molecular weight excluding hydrogens is 256 g/mol. The van der Waals surface area contributed by atoms with Crippen molar-refractivity contribution in [3.63, 3.8) is 0 Å². The van der Waals surface area contributed by atoms with Crippen molar-refractivity contribution in [2.24, 2.45) is 0 Å². The van der Waals surface area contributed by atoms with Gasteiger partial charge in [-0.3, -0.25) is 0 Å². The van der Waals surface area contributed by atoms with E-state index in [4.69, 9.17) is 10.7 Å². The summed E-state index contributed by atoms with van der Waals surface area (Å²) in [6.45, 7) is 1.72. The van der Waals surface area contributed by atoms with Crippen LogP contribution in [0.15, 0.2) is 23.1 Å². The summed E-state index contributed by atoms with van der Waals surface area (Å²) in [6, 6.07) is 3.14. The molecule has 0 spiro atoms. The lowest BCUT2D eigenvalue weighted by atomic mass is 10.2. The minimum Gasteiger partial charge on any atom is -0.507 e. The molecule has 0 amide bonds. The second-order valence-electron chi connectivity index (χ2n) is 2.84. The highest BCUT2D eigenvalue weighted by molar-refractivity contribution is 8.13. The average Bonchev–Trinajstić information content (AvgIpc) is 2.16. The number of ether oxygens (including phenoxy) is 1. The molecule has 0 fully saturated rings. The molecular formula is C9H9ClO5S. The van der Waals surface area contributed by atoms with Crippen LogP contribution >= 0.6 is 10.7 Å². The van der Waals surface area contributed by atoms with Crippen molar-refractivity contribution in [2.45, 2.75) is 11.8 Å². The molecule has 0 saturated carbocycles. The first-order chi connectivity index (χ1) is 7.36. The van der Waals surface area contributed by atoms with Gasteiger partial charge in [-0.15, -0.1) is 0 Å². The van der Waals surface area contributed by atoms with Crippen LogP contribution in [0.25, 0.3) is 0 Å². The first kappa shape index (κ1) is 12.8. The van der Waals surface area contributed by atoms with Gasteiger partial charge in [0.05, 0.1) is 11.5 Å². The standard InChI is InChI=1S/C9H9ClO5S/c1-2-15-9(12)7-5-6(16(10,13)14)3-4-8(7)11/h3-5,11H,2H2,1H3. The normalized spacial score (nSPS) is 11.1. The molecule has 0 saturated heterocycles. The Morgan fingerprint density at radius 3 is 2.62 bits per heavy atom. The van der Waals surface area contributed by atoms with Crippen LogP contribution in [-0.4, -0.2) is 26.1 Å². The van der Waals surface area contributed by atoms with Crippen molar-refractivity contribution in [3.8, 4) is 5.75 Å². The molecule has 1 aromatic carbocycles. The Labute approximate surface area is 97.0 Å². The number of aromatic hydroxyl groups is 1. The van der Waals surface area contributed by atoms with E-state index in [1.165, 1.54) is 0 Å². The van der Waals surface area contributed by atoms with Gasteiger partial charge in [-0.1, -0.05) is 0 Å². The predicted octanol–water partition coefficient (Wildman–Crippen LogP) is 1.50. The number of halogens is 1. The lowest BCUT2D eigenvalue weighted by molar-refractivity contribution is 0.0523. The molecule has 1 rings (SSSR count). The molecule has 5 nitrogen and oxygen atoms in total. The zero-order chi connectivity index (χ0) is 12.3. The van der Waals surface area contributed by atoms with Gasteiger partial charge in [-0.2, -0.15) is 0 Å². The van der Waals surface area contributed by atoms with Crippen molar-refractivity contribution in [1.82, 2.24) is 0 Å². The van der Waals surface area contributed by atoms with Gasteiger partial charge in [0.1, 0.15) is 11.3 Å². The lowest BCUT2D eigenvalue weighted by Crippen LogP contribution is -2.06. The van der Waals surface area contributed by atoms with E-state index < -0.39 is 15.0 Å². The fraction of sp³-hybridized carbons (Fsp3) is 0.222. The second kappa shape index (κ2) is 4.71. The van der Waals surface area contributed by atoms with Crippen LogP contribution in [0.4, 0.5) is 0 Å². The van der Waals surface area contributed by atoms with E-state index in [-0.39, 0.29) is 22.8 Å². The van der Waals surface area contributed by atoms with E-state index in [2.05, 4.69) is 4.74 Å². The average molecular weight is 265 g/mol. The number of hydrogen-bond acceptors (Lipinski definition) is 5. The topological polar surface area (TPSA) is 80.7 Å². The van der Waals surface area contributed by atoms with Gasteiger partial charge >= 0.3 is 5.97 Å². The zero-order valence-electron chi connectivity index (χ0n) is 8.31. The maximum Gasteiger partial charge on any atom is 0.341 e. The van der Waals surface area contributed by atoms with Crippen molar-refractivity contribution in [2.75, 3.05) is 6.61 Å². The molecule has 0 atom stereocenters. The Hall–Kier alpha value is -1.27. The van der Waals surface area contributed by atoms with Crippen molar-refractivity contribution in [3.05, 3.63) is 23.8 Å². The highest BCUT2D eigenvalue weighted by Crippen LogP contribution is 2.24. The third-order valence-electron chi connectivity index (χ3n) is 1.74. The van der Waals surface area contributed by atoms with Gasteiger partial charge in [-0.05, 0) is 25.1 Å². The summed E-state index contributed by atoms with van der Waals surface area (Å²) in [5, 5.41) is 9.36. The SMILES string of the molecule is CCOC(=O)c1cc(S(=O)(=O)Cl)ccc1O. The molecule has 0 aliphatic rings. The van der Waals surface area contributed by atoms with Gasteiger partial charge in [-0.25, -0.2) is 13.2 Å². The summed E-state index contributed by atoms with van der Waals surface area (Å²) >= 11 is 0. The van der Waals surface area contributed by atoms with Crippen LogP contribution in [-0.2, 0) is 13.8 Å². The van der Waals surface area contributed by atoms with Crippen molar-refractivity contribution < 1.29 is 23.1 Å². The quantitative estimate of drug-likeness (QED) is 0.661. The third-order valence-corrected chi connectivity index (χ3v) is 3.10. The Morgan fingerprint density at radius 1 is 1.50 bits per heavy atom. The molecule has 0 aliphatic heterocycles. The highest BCUT2D eigenvalue weighted by Gasteiger charge is 2.17. The summed E-state index contributed by atoms with van der Waals surface area (Å²) < 4.78 is 26.7. The van der Waals surface area contributed by atoms with Crippen LogP contribution in [0.5, 0.6) is 5.75 Å². The molecule has 1 aromatic rings. The second-order valence-corrected chi connectivity index (χ2v) is 5.40. The number of phenolic OH excluding ortho intramolecular Hbond substituents is 1. The zero-order valence-corrected chi connectivity index (χ0v) is 9.88. The molecule has 0 bridgehead atoms. The van der Waals surface area contributed by atoms with Crippen LogP contribution in [0.1, 0.15) is 17.3 Å². The number of carbonyl (C=O) groups excluding carboxylic acids is 1. The molecule has 88 valence electrons. The van der Waals surface area contributed by atoms with E-state index >= 15 is 0 Å². The highest BCUT2D eigenvalue weighted by atomic mass is 35.7. The van der Waals surface area contributed by atoms with Crippen LogP contribution in [0.2, 0.25) is 0 Å². The Bertz CT molecular complexity index is 509. The number of carbonyl (C=O) groups is 1. The Balaban J connectivity index is 3.24. The summed E-state index contributed by atoms with van der Waals surface area (Å²) in [5.41, 5.74) is -0.233. The number of phenols is 1.